The van der Waals surface area contributed by atoms with Gasteiger partial charge in [0.1, 0.15) is 12.0 Å². The van der Waals surface area contributed by atoms with Gasteiger partial charge in [0, 0.05) is 89.9 Å². The van der Waals surface area contributed by atoms with E-state index in [1.54, 1.807) is 0 Å². The molecule has 8 nitrogen and oxygen atoms in total. The summed E-state index contributed by atoms with van der Waals surface area (Å²) in [5.41, 5.74) is 16.0. The first kappa shape index (κ1) is 48.7. The standard InChI is InChI=1S/C76H54N8/c1-7-25-53(26-8-1)79(54-27-9-2-10-28-54)61-43-46-65-62-37-19-24-42-70(62)84(73(65)51-61)76-77-74(80(55-29-11-3-12-30-55)59-44-47-71-66(49-59)63-38-20-22-40-68(63)82(71)57-33-15-5-16-34-57)52-75(78-76)81(56-31-13-4-14-32-56)60-45-48-72-67(50-60)64-39-21-23-41-69(64)83(72)58-35-17-6-18-36-58/h1-51,74H,52H2. The zero-order valence-corrected chi connectivity index (χ0v) is 45.8. The molecule has 1 atom stereocenters. The molecule has 0 N–H and O–H groups in total. The van der Waals surface area contributed by atoms with Crippen LogP contribution in [0.5, 0.6) is 0 Å². The Kier molecular flexibility index (Phi) is 11.8. The predicted octanol–water partition coefficient (Wildman–Crippen LogP) is 19.5. The van der Waals surface area contributed by atoms with Gasteiger partial charge in [0.05, 0.1) is 33.1 Å². The van der Waals surface area contributed by atoms with Gasteiger partial charge in [-0.15, -0.1) is 0 Å². The summed E-state index contributed by atoms with van der Waals surface area (Å²) in [6.45, 7) is 0. The van der Waals surface area contributed by atoms with Gasteiger partial charge >= 0.3 is 0 Å². The summed E-state index contributed by atoms with van der Waals surface area (Å²) in [5, 5.41) is 6.90. The van der Waals surface area contributed by atoms with Gasteiger partial charge in [-0.1, -0.05) is 170 Å². The SMILES string of the molecule is c1ccc(N(C2=NC(n3c4ccccc4c4ccc(N(c5ccccc5)c5ccccc5)cc43)=NC(N(c3ccccc3)c3ccc4c(c3)c3ccccc3n4-c3ccccc3)C2)c2ccc3c(c2)c2ccccc2n3-c2ccccc2)cc1. The summed E-state index contributed by atoms with van der Waals surface area (Å²) in [6, 6.07) is 111. The highest BCUT2D eigenvalue weighted by molar-refractivity contribution is 6.20. The van der Waals surface area contributed by atoms with E-state index in [1.165, 1.54) is 10.8 Å². The molecule has 1 aliphatic rings. The topological polar surface area (TPSA) is 49.2 Å². The largest absolute Gasteiger partial charge is 0.318 e. The zero-order chi connectivity index (χ0) is 55.5. The van der Waals surface area contributed by atoms with Gasteiger partial charge < -0.3 is 18.9 Å². The Hall–Kier alpha value is -11.2. The van der Waals surface area contributed by atoms with E-state index >= 15 is 0 Å². The highest BCUT2D eigenvalue weighted by Gasteiger charge is 2.33. The Labute approximate surface area is 486 Å². The lowest BCUT2D eigenvalue weighted by atomic mass is 10.1. The molecule has 1 aliphatic heterocycles. The minimum atomic E-state index is -0.491. The minimum absolute atomic E-state index is 0.457. The Morgan fingerprint density at radius 1 is 0.274 bits per heavy atom. The number of hydrogen-bond acceptors (Lipinski definition) is 5. The highest BCUT2D eigenvalue weighted by Crippen LogP contribution is 2.43. The third-order valence-electron chi connectivity index (χ3n) is 16.5. The van der Waals surface area contributed by atoms with E-state index in [4.69, 9.17) is 9.98 Å². The number of amidine groups is 1. The molecule has 0 bridgehead atoms. The van der Waals surface area contributed by atoms with Crippen LogP contribution < -0.4 is 14.7 Å². The molecule has 12 aromatic carbocycles. The molecule has 0 saturated carbocycles. The van der Waals surface area contributed by atoms with Crippen molar-refractivity contribution < 1.29 is 0 Å². The van der Waals surface area contributed by atoms with Crippen LogP contribution in [-0.2, 0) is 0 Å². The summed E-state index contributed by atoms with van der Waals surface area (Å²) < 4.78 is 7.05. The second-order valence-electron chi connectivity index (χ2n) is 21.4. The van der Waals surface area contributed by atoms with E-state index in [2.05, 4.69) is 338 Å². The number of rotatable bonds is 10. The summed E-state index contributed by atoms with van der Waals surface area (Å²) in [5.74, 6) is 1.43. The molecule has 3 aromatic heterocycles. The third-order valence-corrected chi connectivity index (χ3v) is 16.5. The molecule has 84 heavy (non-hydrogen) atoms. The first-order valence-corrected chi connectivity index (χ1v) is 28.7. The van der Waals surface area contributed by atoms with Crippen LogP contribution in [0.25, 0.3) is 76.8 Å². The van der Waals surface area contributed by atoms with Crippen LogP contribution in [0.4, 0.5) is 39.8 Å². The number of benzene rings is 12. The van der Waals surface area contributed by atoms with Crippen molar-refractivity contribution in [3.63, 3.8) is 0 Å². The fourth-order valence-electron chi connectivity index (χ4n) is 12.9. The Morgan fingerprint density at radius 3 is 1.17 bits per heavy atom. The Balaban J connectivity index is 0.951. The van der Waals surface area contributed by atoms with Crippen LogP contribution in [0.1, 0.15) is 6.42 Å². The molecular formula is C76H54N8. The van der Waals surface area contributed by atoms with Crippen molar-refractivity contribution in [2.75, 3.05) is 14.7 Å². The van der Waals surface area contributed by atoms with Crippen LogP contribution in [0.15, 0.2) is 319 Å². The highest BCUT2D eigenvalue weighted by atomic mass is 15.4. The van der Waals surface area contributed by atoms with Gasteiger partial charge in [-0.2, -0.15) is 4.99 Å². The first-order chi connectivity index (χ1) is 41.7. The van der Waals surface area contributed by atoms with Gasteiger partial charge in [-0.25, -0.2) is 4.99 Å². The zero-order valence-electron chi connectivity index (χ0n) is 45.8. The molecule has 4 heterocycles. The molecule has 1 unspecified atom stereocenters. The molecule has 0 spiro atoms. The quantitative estimate of drug-likeness (QED) is 0.137. The van der Waals surface area contributed by atoms with Gasteiger partial charge in [0.2, 0.25) is 5.96 Å². The van der Waals surface area contributed by atoms with Crippen molar-refractivity contribution in [3.05, 3.63) is 309 Å². The van der Waals surface area contributed by atoms with Crippen molar-refractivity contribution in [2.45, 2.75) is 12.6 Å². The van der Waals surface area contributed by atoms with Crippen molar-refractivity contribution in [1.82, 2.24) is 13.7 Å². The van der Waals surface area contributed by atoms with E-state index in [0.29, 0.717) is 12.4 Å². The van der Waals surface area contributed by atoms with Crippen LogP contribution in [-0.4, -0.2) is 31.7 Å². The molecule has 0 fully saturated rings. The number of para-hydroxylation sites is 9. The predicted molar refractivity (Wildman–Crippen MR) is 352 cm³/mol. The third kappa shape index (κ3) is 8.22. The van der Waals surface area contributed by atoms with Crippen LogP contribution >= 0.6 is 0 Å². The number of hydrogen-bond donors (Lipinski definition) is 0. The molecular weight excluding hydrogens is 1020 g/mol. The lowest BCUT2D eigenvalue weighted by molar-refractivity contribution is 0.693. The Morgan fingerprint density at radius 2 is 0.643 bits per heavy atom. The van der Waals surface area contributed by atoms with E-state index < -0.39 is 6.17 Å². The summed E-state index contributed by atoms with van der Waals surface area (Å²) in [7, 11) is 0. The number of nitrogens with zero attached hydrogens (tertiary/aromatic N) is 8. The summed E-state index contributed by atoms with van der Waals surface area (Å²) >= 11 is 0. The van der Waals surface area contributed by atoms with Crippen molar-refractivity contribution in [3.8, 4) is 11.4 Å². The molecule has 0 amide bonds. The van der Waals surface area contributed by atoms with Gasteiger partial charge in [0.15, 0.2) is 0 Å². The number of fused-ring (bicyclic) bond motifs is 9. The Bertz CT molecular complexity index is 4950. The maximum absolute atomic E-state index is 5.98. The molecule has 0 saturated heterocycles. The summed E-state index contributed by atoms with van der Waals surface area (Å²) in [4.78, 5) is 19.0. The van der Waals surface area contributed by atoms with Crippen molar-refractivity contribution >= 4 is 117 Å². The first-order valence-electron chi connectivity index (χ1n) is 28.7. The average Bonchev–Trinajstić information content (AvgIpc) is 4.10. The second-order valence-corrected chi connectivity index (χ2v) is 21.4. The van der Waals surface area contributed by atoms with E-state index in [-0.39, 0.29) is 0 Å². The minimum Gasteiger partial charge on any atom is -0.318 e. The number of aliphatic imine (C=N–C) groups is 2. The normalized spacial score (nSPS) is 13.5. The molecule has 0 aliphatic carbocycles. The number of anilines is 7. The fraction of sp³-hybridized carbons (Fsp3) is 0.0263. The van der Waals surface area contributed by atoms with Crippen LogP contribution in [0.3, 0.4) is 0 Å². The van der Waals surface area contributed by atoms with Crippen molar-refractivity contribution in [1.29, 1.82) is 0 Å². The molecule has 8 heteroatoms. The number of aromatic nitrogens is 3. The van der Waals surface area contributed by atoms with E-state index in [1.807, 2.05) is 0 Å². The van der Waals surface area contributed by atoms with Crippen LogP contribution in [0, 0.1) is 0 Å². The molecule has 16 rings (SSSR count). The monoisotopic (exact) mass is 1080 g/mol. The van der Waals surface area contributed by atoms with Gasteiger partial charge in [-0.05, 0) is 140 Å². The smallest absolute Gasteiger partial charge is 0.233 e. The average molecular weight is 1080 g/mol. The van der Waals surface area contributed by atoms with Crippen LogP contribution in [0.2, 0.25) is 0 Å². The lowest BCUT2D eigenvalue weighted by Crippen LogP contribution is -2.41. The van der Waals surface area contributed by atoms with Crippen molar-refractivity contribution in [2.24, 2.45) is 9.98 Å². The second kappa shape index (κ2) is 20.4. The molecule has 0 radical (unpaired) electrons. The fourth-order valence-corrected chi connectivity index (χ4v) is 12.9. The maximum Gasteiger partial charge on any atom is 0.233 e. The molecule has 398 valence electrons. The van der Waals surface area contributed by atoms with E-state index in [0.717, 1.165) is 112 Å². The maximum atomic E-state index is 5.98. The van der Waals surface area contributed by atoms with E-state index in [9.17, 15) is 0 Å². The summed E-state index contributed by atoms with van der Waals surface area (Å²) in [6.07, 6.45) is -0.0340. The van der Waals surface area contributed by atoms with Gasteiger partial charge in [0.25, 0.3) is 0 Å². The lowest BCUT2D eigenvalue weighted by Gasteiger charge is -2.37. The van der Waals surface area contributed by atoms with Gasteiger partial charge in [-0.3, -0.25) is 9.47 Å². The molecule has 15 aromatic rings.